The third-order valence-electron chi connectivity index (χ3n) is 5.36. The second-order valence-corrected chi connectivity index (χ2v) is 7.28. The second kappa shape index (κ2) is 15.6. The Labute approximate surface area is 176 Å². The van der Waals surface area contributed by atoms with Crippen molar-refractivity contribution in [1.29, 1.82) is 0 Å². The van der Waals surface area contributed by atoms with Crippen LogP contribution < -0.4 is 11.5 Å². The summed E-state index contributed by atoms with van der Waals surface area (Å²) in [4.78, 5) is 20.0. The van der Waals surface area contributed by atoms with Crippen LogP contribution in [0.1, 0.15) is 51.4 Å². The van der Waals surface area contributed by atoms with Crippen LogP contribution >= 0.6 is 24.8 Å². The van der Waals surface area contributed by atoms with Gasteiger partial charge in [0.25, 0.3) is 0 Å². The van der Waals surface area contributed by atoms with E-state index < -0.39 is 6.03 Å². The van der Waals surface area contributed by atoms with Gasteiger partial charge in [0.05, 0.1) is 25.9 Å². The van der Waals surface area contributed by atoms with Gasteiger partial charge in [0.1, 0.15) is 0 Å². The van der Waals surface area contributed by atoms with Crippen molar-refractivity contribution >= 4 is 30.8 Å². The van der Waals surface area contributed by atoms with Gasteiger partial charge in [0, 0.05) is 19.6 Å². The molecular formula is C18H38Cl2N4O3. The SMILES string of the molecule is Cl.Cl.NCCCCCC1CCCC(N(OCCN2CCOCC2)C(N)=O)C1. The van der Waals surface area contributed by atoms with Crippen LogP contribution in [0.4, 0.5) is 4.79 Å². The molecule has 4 N–H and O–H groups in total. The zero-order valence-corrected chi connectivity index (χ0v) is 18.0. The number of hydroxylamine groups is 2. The summed E-state index contributed by atoms with van der Waals surface area (Å²) in [6.45, 7) is 5.48. The van der Waals surface area contributed by atoms with Crippen molar-refractivity contribution in [1.82, 2.24) is 9.96 Å². The first-order valence-corrected chi connectivity index (χ1v) is 9.92. The monoisotopic (exact) mass is 428 g/mol. The van der Waals surface area contributed by atoms with Crippen LogP contribution in [0.2, 0.25) is 0 Å². The lowest BCUT2D eigenvalue weighted by atomic mass is 9.82. The highest BCUT2D eigenvalue weighted by atomic mass is 35.5. The summed E-state index contributed by atoms with van der Waals surface area (Å²) in [5.74, 6) is 0.668. The topological polar surface area (TPSA) is 94.0 Å². The molecule has 2 fully saturated rings. The number of hydrogen-bond donors (Lipinski definition) is 2. The largest absolute Gasteiger partial charge is 0.379 e. The number of amides is 2. The summed E-state index contributed by atoms with van der Waals surface area (Å²) in [6.07, 6.45) is 9.13. The summed E-state index contributed by atoms with van der Waals surface area (Å²) in [5, 5.41) is 1.45. The maximum absolute atomic E-state index is 11.9. The molecule has 0 aromatic carbocycles. The van der Waals surface area contributed by atoms with Crippen LogP contribution in [0.15, 0.2) is 0 Å². The van der Waals surface area contributed by atoms with Crippen molar-refractivity contribution in [3.8, 4) is 0 Å². The van der Waals surface area contributed by atoms with Gasteiger partial charge in [-0.15, -0.1) is 24.8 Å². The lowest BCUT2D eigenvalue weighted by molar-refractivity contribution is -0.156. The zero-order chi connectivity index (χ0) is 17.9. The van der Waals surface area contributed by atoms with Gasteiger partial charge >= 0.3 is 6.03 Å². The van der Waals surface area contributed by atoms with E-state index in [0.717, 1.165) is 65.1 Å². The first-order chi connectivity index (χ1) is 12.2. The molecule has 7 nitrogen and oxygen atoms in total. The van der Waals surface area contributed by atoms with Gasteiger partial charge in [-0.05, 0) is 31.7 Å². The predicted molar refractivity (Wildman–Crippen MR) is 112 cm³/mol. The second-order valence-electron chi connectivity index (χ2n) is 7.28. The molecule has 1 saturated heterocycles. The number of halogens is 2. The van der Waals surface area contributed by atoms with Crippen molar-refractivity contribution in [2.45, 2.75) is 57.4 Å². The van der Waals surface area contributed by atoms with Crippen molar-refractivity contribution in [3.05, 3.63) is 0 Å². The number of ether oxygens (including phenoxy) is 1. The fourth-order valence-corrected chi connectivity index (χ4v) is 3.93. The van der Waals surface area contributed by atoms with E-state index in [4.69, 9.17) is 21.0 Å². The molecule has 1 aliphatic heterocycles. The van der Waals surface area contributed by atoms with Gasteiger partial charge in [-0.3, -0.25) is 9.74 Å². The van der Waals surface area contributed by atoms with E-state index in [1.54, 1.807) is 0 Å². The normalized spacial score (nSPS) is 23.1. The number of unbranched alkanes of at least 4 members (excludes halogenated alkanes) is 2. The Morgan fingerprint density at radius 1 is 1.15 bits per heavy atom. The number of hydrogen-bond acceptors (Lipinski definition) is 5. The smallest absolute Gasteiger partial charge is 0.338 e. The van der Waals surface area contributed by atoms with Gasteiger partial charge in [0.2, 0.25) is 0 Å². The van der Waals surface area contributed by atoms with E-state index >= 15 is 0 Å². The Balaban J connectivity index is 0.00000338. The molecule has 0 aromatic heterocycles. The van der Waals surface area contributed by atoms with E-state index in [1.165, 1.54) is 30.7 Å². The molecule has 0 aromatic rings. The van der Waals surface area contributed by atoms with E-state index in [-0.39, 0.29) is 30.9 Å². The molecule has 0 radical (unpaired) electrons. The maximum atomic E-state index is 11.9. The fraction of sp³-hybridized carbons (Fsp3) is 0.944. The van der Waals surface area contributed by atoms with E-state index in [9.17, 15) is 4.79 Å². The van der Waals surface area contributed by atoms with Crippen LogP contribution in [0.25, 0.3) is 0 Å². The molecule has 1 saturated carbocycles. The zero-order valence-electron chi connectivity index (χ0n) is 16.4. The Kier molecular flexibility index (Phi) is 15.4. The van der Waals surface area contributed by atoms with Crippen LogP contribution in [0.3, 0.4) is 0 Å². The molecule has 2 aliphatic rings. The van der Waals surface area contributed by atoms with Crippen LogP contribution in [-0.2, 0) is 9.57 Å². The van der Waals surface area contributed by atoms with Crippen LogP contribution in [-0.4, -0.2) is 68.0 Å². The molecule has 27 heavy (non-hydrogen) atoms. The molecule has 0 bridgehead atoms. The van der Waals surface area contributed by atoms with Crippen molar-refractivity contribution < 1.29 is 14.4 Å². The Morgan fingerprint density at radius 3 is 2.56 bits per heavy atom. The minimum atomic E-state index is -0.462. The first kappa shape index (κ1) is 26.7. The fourth-order valence-electron chi connectivity index (χ4n) is 3.93. The predicted octanol–water partition coefficient (Wildman–Crippen LogP) is 2.55. The average Bonchev–Trinajstić information content (AvgIpc) is 2.63. The quantitative estimate of drug-likeness (QED) is 0.411. The lowest BCUT2D eigenvalue weighted by Crippen LogP contribution is -2.47. The van der Waals surface area contributed by atoms with Crippen molar-refractivity contribution in [3.63, 3.8) is 0 Å². The standard InChI is InChI=1S/C18H36N4O3.2ClH/c19-8-3-1-2-5-16-6-4-7-17(15-16)22(18(20)23)25-14-11-21-9-12-24-13-10-21;;/h16-17H,1-15,19H2,(H2,20,23);2*1H. The Hall–Kier alpha value is -0.310. The molecular weight excluding hydrogens is 391 g/mol. The van der Waals surface area contributed by atoms with Crippen molar-refractivity contribution in [2.75, 3.05) is 46.0 Å². The third-order valence-corrected chi connectivity index (χ3v) is 5.36. The lowest BCUT2D eigenvalue weighted by Gasteiger charge is -2.36. The Morgan fingerprint density at radius 2 is 1.89 bits per heavy atom. The number of primary amides is 1. The third kappa shape index (κ3) is 10.1. The number of morpholine rings is 1. The van der Waals surface area contributed by atoms with Crippen LogP contribution in [0.5, 0.6) is 0 Å². The number of carbonyl (C=O) groups is 1. The molecule has 0 spiro atoms. The average molecular weight is 429 g/mol. The minimum absolute atomic E-state index is 0. The summed E-state index contributed by atoms with van der Waals surface area (Å²) in [5.41, 5.74) is 11.1. The minimum Gasteiger partial charge on any atom is -0.379 e. The van der Waals surface area contributed by atoms with E-state index in [0.29, 0.717) is 12.5 Å². The number of rotatable bonds is 10. The van der Waals surface area contributed by atoms with Gasteiger partial charge in [-0.2, -0.15) is 0 Å². The molecule has 1 aliphatic carbocycles. The highest BCUT2D eigenvalue weighted by molar-refractivity contribution is 5.85. The number of urea groups is 1. The summed E-state index contributed by atoms with van der Waals surface area (Å²) < 4.78 is 5.35. The Bertz CT molecular complexity index is 388. The molecule has 162 valence electrons. The summed E-state index contributed by atoms with van der Waals surface area (Å²) >= 11 is 0. The van der Waals surface area contributed by atoms with Gasteiger partial charge in [-0.25, -0.2) is 9.86 Å². The highest BCUT2D eigenvalue weighted by Crippen LogP contribution is 2.31. The van der Waals surface area contributed by atoms with Gasteiger partial charge in [0.15, 0.2) is 0 Å². The maximum Gasteiger partial charge on any atom is 0.338 e. The molecule has 2 unspecified atom stereocenters. The summed E-state index contributed by atoms with van der Waals surface area (Å²) in [7, 11) is 0. The first-order valence-electron chi connectivity index (χ1n) is 9.92. The van der Waals surface area contributed by atoms with Crippen molar-refractivity contribution in [2.24, 2.45) is 17.4 Å². The molecule has 1 heterocycles. The molecule has 2 atom stereocenters. The van der Waals surface area contributed by atoms with Gasteiger partial charge < -0.3 is 16.2 Å². The van der Waals surface area contributed by atoms with E-state index in [2.05, 4.69) is 4.90 Å². The summed E-state index contributed by atoms with van der Waals surface area (Å²) in [6, 6.07) is -0.341. The molecule has 2 amide bonds. The molecule has 9 heteroatoms. The van der Waals surface area contributed by atoms with E-state index in [1.807, 2.05) is 0 Å². The van der Waals surface area contributed by atoms with Crippen LogP contribution in [0, 0.1) is 5.92 Å². The molecule has 2 rings (SSSR count). The van der Waals surface area contributed by atoms with Gasteiger partial charge in [-0.1, -0.05) is 32.1 Å². The number of nitrogens with zero attached hydrogens (tertiary/aromatic N) is 2. The number of nitrogens with two attached hydrogens (primary N) is 2. The highest BCUT2D eigenvalue weighted by Gasteiger charge is 2.29. The number of carbonyl (C=O) groups excluding carboxylic acids is 1.